The van der Waals surface area contributed by atoms with Crippen LogP contribution in [0.2, 0.25) is 0 Å². The van der Waals surface area contributed by atoms with Crippen molar-refractivity contribution in [2.24, 2.45) is 0 Å². The van der Waals surface area contributed by atoms with Crippen LogP contribution < -0.4 is 0 Å². The summed E-state index contributed by atoms with van der Waals surface area (Å²) in [6.07, 6.45) is 13.4. The number of hydrogen-bond donors (Lipinski definition) is 0. The second-order valence-corrected chi connectivity index (χ2v) is 11.8. The summed E-state index contributed by atoms with van der Waals surface area (Å²) in [5.74, 6) is 2.67. The third-order valence-corrected chi connectivity index (χ3v) is 6.81. The molecule has 0 aliphatic carbocycles. The topological polar surface area (TPSA) is 42.9 Å². The van der Waals surface area contributed by atoms with E-state index in [4.69, 9.17) is 5.53 Å². The summed E-state index contributed by atoms with van der Waals surface area (Å²) in [6.45, 7) is 6.69. The zero-order valence-electron chi connectivity index (χ0n) is 24.9. The van der Waals surface area contributed by atoms with E-state index in [1.54, 1.807) is 0 Å². The molecule has 0 bridgehead atoms. The number of aryl methyl sites for hydroxylation is 2. The SMILES string of the molecule is CCCCCc1ccc(C(=C(C=C=[N+]=[N-])CCCC)c2cccc(CCCC)c2)cc1.C[N](C)[Ni][N](C)C. The zero-order chi connectivity index (χ0) is 28.2. The first-order valence-electron chi connectivity index (χ1n) is 14.1. The van der Waals surface area contributed by atoms with E-state index in [9.17, 15) is 0 Å². The second kappa shape index (κ2) is 20.7. The molecule has 0 N–H and O–H groups in total. The van der Waals surface area contributed by atoms with Gasteiger partial charge in [0.1, 0.15) is 0 Å². The average molecular weight is 561 g/mol. The van der Waals surface area contributed by atoms with Crippen LogP contribution in [0, 0.1) is 0 Å². The van der Waals surface area contributed by atoms with Gasteiger partial charge in [-0.25, -0.2) is 0 Å². The van der Waals surface area contributed by atoms with Crippen molar-refractivity contribution >= 4 is 11.4 Å². The van der Waals surface area contributed by atoms with Crippen molar-refractivity contribution in [1.82, 2.24) is 7.96 Å². The fourth-order valence-corrected chi connectivity index (χ4v) is 5.00. The van der Waals surface area contributed by atoms with Crippen molar-refractivity contribution in [1.29, 1.82) is 0 Å². The molecule has 38 heavy (non-hydrogen) atoms. The van der Waals surface area contributed by atoms with Gasteiger partial charge in [-0.2, -0.15) is 0 Å². The predicted octanol–water partition coefficient (Wildman–Crippen LogP) is 8.23. The van der Waals surface area contributed by atoms with Gasteiger partial charge in [-0.05, 0) is 71.9 Å². The summed E-state index contributed by atoms with van der Waals surface area (Å²) in [5, 5.41) is 0. The number of unbranched alkanes of at least 4 members (excludes halogenated alkanes) is 4. The minimum atomic E-state index is 0.936. The molecule has 0 aliphatic heterocycles. The van der Waals surface area contributed by atoms with E-state index in [0.717, 1.165) is 32.1 Å². The summed E-state index contributed by atoms with van der Waals surface area (Å²) < 4.78 is 4.12. The van der Waals surface area contributed by atoms with Crippen molar-refractivity contribution in [3.63, 3.8) is 0 Å². The molecule has 0 unspecified atom stereocenters. The standard InChI is InChI=1S/C29H38N2.2C2H6N.Ni/c1-4-7-10-13-24-17-19-27(20-18-24)29(26(15-9-6-3)21-22-31-30)28-16-11-14-25(23-28)12-8-5-2;2*1-3-2;/h11,14,16-21,23H,4-10,12-13,15H2,1-3H3;2*1-2H3;/q;2*-1;+2. The van der Waals surface area contributed by atoms with Gasteiger partial charge in [-0.3, -0.25) is 0 Å². The number of rotatable bonds is 15. The predicted molar refractivity (Wildman–Crippen MR) is 161 cm³/mol. The molecule has 4 nitrogen and oxygen atoms in total. The van der Waals surface area contributed by atoms with Crippen LogP contribution in [-0.2, 0) is 27.7 Å². The van der Waals surface area contributed by atoms with E-state index >= 15 is 0 Å². The van der Waals surface area contributed by atoms with Gasteiger partial charge >= 0.3 is 51.0 Å². The van der Waals surface area contributed by atoms with Gasteiger partial charge in [0.2, 0.25) is 0 Å². The van der Waals surface area contributed by atoms with Gasteiger partial charge in [0.05, 0.1) is 6.08 Å². The quantitative estimate of drug-likeness (QED) is 0.0549. The van der Waals surface area contributed by atoms with Gasteiger partial charge < -0.3 is 5.53 Å². The molecule has 0 saturated heterocycles. The Kier molecular flexibility index (Phi) is 18.4. The van der Waals surface area contributed by atoms with Crippen LogP contribution in [0.5, 0.6) is 0 Å². The van der Waals surface area contributed by atoms with E-state index in [-0.39, 0.29) is 0 Å². The Morgan fingerprint density at radius 2 is 1.42 bits per heavy atom. The summed E-state index contributed by atoms with van der Waals surface area (Å²) in [7, 11) is 8.11. The van der Waals surface area contributed by atoms with E-state index in [0.29, 0.717) is 0 Å². The Labute approximate surface area is 239 Å². The minimum absolute atomic E-state index is 0.936. The fraction of sp³-hybridized carbons (Fsp3) is 0.515. The molecule has 212 valence electrons. The van der Waals surface area contributed by atoms with Crippen LogP contribution in [0.4, 0.5) is 0 Å². The molecule has 2 aromatic rings. The molecule has 2 aromatic carbocycles. The zero-order valence-corrected chi connectivity index (χ0v) is 25.9. The molecular formula is C33H50N4Ni. The molecule has 0 radical (unpaired) electrons. The Bertz CT molecular complexity index is 1020. The van der Waals surface area contributed by atoms with Crippen LogP contribution >= 0.6 is 0 Å². The van der Waals surface area contributed by atoms with Gasteiger partial charge in [-0.15, -0.1) is 4.79 Å². The first-order chi connectivity index (χ1) is 18.4. The maximum absolute atomic E-state index is 9.00. The van der Waals surface area contributed by atoms with Crippen molar-refractivity contribution in [3.05, 3.63) is 88.0 Å². The first-order valence-corrected chi connectivity index (χ1v) is 15.0. The number of nitrogens with zero attached hydrogens (tertiary/aromatic N) is 4. The Balaban J connectivity index is 0.000000905. The summed E-state index contributed by atoms with van der Waals surface area (Å²) in [6, 6.07) is 18.0. The monoisotopic (exact) mass is 560 g/mol. The van der Waals surface area contributed by atoms with Crippen molar-refractivity contribution in [2.45, 2.75) is 85.0 Å². The van der Waals surface area contributed by atoms with Crippen LogP contribution in [0.3, 0.4) is 0 Å². The number of allylic oxidation sites excluding steroid dienone is 2. The van der Waals surface area contributed by atoms with Crippen molar-refractivity contribution < 1.29 is 19.7 Å². The summed E-state index contributed by atoms with van der Waals surface area (Å²) in [4.78, 5) is 3.13. The molecule has 0 amide bonds. The normalized spacial score (nSPS) is 11.5. The third-order valence-electron chi connectivity index (χ3n) is 6.02. The van der Waals surface area contributed by atoms with Gasteiger partial charge in [0, 0.05) is 0 Å². The Morgan fingerprint density at radius 3 is 1.97 bits per heavy atom. The second-order valence-electron chi connectivity index (χ2n) is 9.86. The van der Waals surface area contributed by atoms with Crippen LogP contribution in [0.15, 0.2) is 60.2 Å². The van der Waals surface area contributed by atoms with E-state index < -0.39 is 0 Å². The molecule has 0 aliphatic rings. The number of benzene rings is 2. The van der Waals surface area contributed by atoms with Crippen LogP contribution in [-0.4, -0.2) is 46.8 Å². The summed E-state index contributed by atoms with van der Waals surface area (Å²) >= 11 is 1.51. The summed E-state index contributed by atoms with van der Waals surface area (Å²) in [5.41, 5.74) is 16.6. The molecule has 0 fully saturated rings. The van der Waals surface area contributed by atoms with Crippen LogP contribution in [0.25, 0.3) is 11.1 Å². The molecule has 5 heteroatoms. The van der Waals surface area contributed by atoms with Gasteiger partial charge in [0.15, 0.2) is 0 Å². The van der Waals surface area contributed by atoms with E-state index in [1.165, 1.54) is 80.4 Å². The average Bonchev–Trinajstić information content (AvgIpc) is 2.89. The Hall–Kier alpha value is -2.25. The maximum atomic E-state index is 9.00. The molecule has 0 atom stereocenters. The molecule has 0 spiro atoms. The first kappa shape index (κ1) is 33.8. The van der Waals surface area contributed by atoms with Gasteiger partial charge in [0.25, 0.3) is 5.87 Å². The molecule has 0 aromatic heterocycles. The molecule has 0 saturated carbocycles. The third kappa shape index (κ3) is 14.1. The van der Waals surface area contributed by atoms with E-state index in [2.05, 4.69) is 87.9 Å². The Morgan fingerprint density at radius 1 is 0.789 bits per heavy atom. The van der Waals surface area contributed by atoms with Gasteiger partial charge in [-0.1, -0.05) is 95.0 Å². The molecule has 2 rings (SSSR count). The fourth-order valence-electron chi connectivity index (χ4n) is 4.21. The number of hydrogen-bond acceptors (Lipinski definition) is 2. The van der Waals surface area contributed by atoms with Crippen LogP contribution in [0.1, 0.15) is 94.4 Å². The van der Waals surface area contributed by atoms with Crippen molar-refractivity contribution in [2.75, 3.05) is 28.2 Å². The van der Waals surface area contributed by atoms with Crippen molar-refractivity contribution in [3.8, 4) is 0 Å². The molecular weight excluding hydrogens is 511 g/mol. The molecule has 0 heterocycles. The van der Waals surface area contributed by atoms with E-state index in [1.807, 2.05) is 34.3 Å².